The van der Waals surface area contributed by atoms with Crippen LogP contribution >= 0.6 is 0 Å². The number of aromatic nitrogens is 3. The van der Waals surface area contributed by atoms with Crippen molar-refractivity contribution in [3.8, 4) is 5.75 Å². The van der Waals surface area contributed by atoms with Crippen LogP contribution in [0.4, 0.5) is 19.1 Å². The van der Waals surface area contributed by atoms with Gasteiger partial charge in [0.15, 0.2) is 5.78 Å². The third kappa shape index (κ3) is 3.04. The highest BCUT2D eigenvalue weighted by atomic mass is 19.4. The van der Waals surface area contributed by atoms with Crippen LogP contribution in [0.2, 0.25) is 0 Å². The Morgan fingerprint density at radius 1 is 1.29 bits per heavy atom. The van der Waals surface area contributed by atoms with E-state index in [4.69, 9.17) is 4.74 Å². The van der Waals surface area contributed by atoms with Gasteiger partial charge in [-0.2, -0.15) is 18.2 Å². The Kier molecular flexibility index (Phi) is 4.40. The van der Waals surface area contributed by atoms with E-state index >= 15 is 0 Å². The van der Waals surface area contributed by atoms with E-state index in [-0.39, 0.29) is 17.6 Å². The van der Waals surface area contributed by atoms with Crippen molar-refractivity contribution in [3.63, 3.8) is 0 Å². The molecule has 1 aliphatic carbocycles. The molecule has 0 saturated carbocycles. The third-order valence-electron chi connectivity index (χ3n) is 4.89. The van der Waals surface area contributed by atoms with Crippen molar-refractivity contribution in [2.45, 2.75) is 38.9 Å². The van der Waals surface area contributed by atoms with Crippen molar-refractivity contribution in [1.29, 1.82) is 0 Å². The van der Waals surface area contributed by atoms with Crippen molar-refractivity contribution in [2.75, 3.05) is 11.9 Å². The predicted molar refractivity (Wildman–Crippen MR) is 94.8 cm³/mol. The molecule has 0 radical (unpaired) electrons. The molecule has 0 spiro atoms. The Labute approximate surface area is 159 Å². The molecule has 1 aromatic heterocycles. The Morgan fingerprint density at radius 2 is 2.04 bits per heavy atom. The topological polar surface area (TPSA) is 69.0 Å². The van der Waals surface area contributed by atoms with Crippen LogP contribution < -0.4 is 10.1 Å². The largest absolute Gasteiger partial charge is 0.494 e. The summed E-state index contributed by atoms with van der Waals surface area (Å²) < 4.78 is 46.5. The Balaban J connectivity index is 1.93. The highest BCUT2D eigenvalue weighted by Gasteiger charge is 2.43. The van der Waals surface area contributed by atoms with E-state index in [1.54, 1.807) is 24.3 Å². The van der Waals surface area contributed by atoms with Gasteiger partial charge in [-0.15, -0.1) is 5.10 Å². The van der Waals surface area contributed by atoms with Gasteiger partial charge >= 0.3 is 6.18 Å². The van der Waals surface area contributed by atoms with Crippen molar-refractivity contribution < 1.29 is 22.7 Å². The van der Waals surface area contributed by atoms with Crippen LogP contribution in [-0.4, -0.2) is 27.2 Å². The number of fused-ring (bicyclic) bond motifs is 1. The van der Waals surface area contributed by atoms with Crippen LogP contribution in [0.15, 0.2) is 35.5 Å². The van der Waals surface area contributed by atoms with Crippen LogP contribution in [0.5, 0.6) is 5.75 Å². The lowest BCUT2D eigenvalue weighted by atomic mass is 9.81. The van der Waals surface area contributed by atoms with E-state index in [1.807, 2.05) is 13.8 Å². The fourth-order valence-corrected chi connectivity index (χ4v) is 3.81. The van der Waals surface area contributed by atoms with Crippen LogP contribution in [0.3, 0.4) is 0 Å². The van der Waals surface area contributed by atoms with Crippen molar-refractivity contribution in [3.05, 3.63) is 46.9 Å². The normalized spacial score (nSPS) is 21.8. The second-order valence-electron chi connectivity index (χ2n) is 7.03. The Hall–Kier alpha value is -2.84. The molecule has 1 N–H and O–H groups in total. The number of para-hydroxylation sites is 1. The van der Waals surface area contributed by atoms with Gasteiger partial charge in [0.25, 0.3) is 5.82 Å². The number of carbonyl (C=O) groups excluding carboxylic acids is 1. The summed E-state index contributed by atoms with van der Waals surface area (Å²) in [5, 5.41) is 6.61. The molecule has 0 bridgehead atoms. The van der Waals surface area contributed by atoms with Crippen LogP contribution in [0, 0.1) is 5.92 Å². The fraction of sp³-hybridized carbons (Fsp3) is 0.421. The quantitative estimate of drug-likeness (QED) is 0.856. The summed E-state index contributed by atoms with van der Waals surface area (Å²) in [4.78, 5) is 16.5. The van der Waals surface area contributed by atoms with Crippen LogP contribution in [0.1, 0.15) is 44.1 Å². The van der Waals surface area contributed by atoms with Gasteiger partial charge in [0.1, 0.15) is 11.8 Å². The number of alkyl halides is 3. The second kappa shape index (κ2) is 6.65. The van der Waals surface area contributed by atoms with Gasteiger partial charge in [-0.05, 0) is 25.3 Å². The summed E-state index contributed by atoms with van der Waals surface area (Å²) in [7, 11) is 0. The lowest BCUT2D eigenvalue weighted by molar-refractivity contribution is -0.145. The van der Waals surface area contributed by atoms with Crippen molar-refractivity contribution in [2.24, 2.45) is 5.92 Å². The van der Waals surface area contributed by atoms with Crippen LogP contribution in [0.25, 0.3) is 0 Å². The maximum atomic E-state index is 13.2. The minimum atomic E-state index is -4.69. The number of nitrogens with one attached hydrogen (secondary N) is 1. The smallest absolute Gasteiger partial charge is 0.453 e. The average Bonchev–Trinajstić information content (AvgIpc) is 3.05. The highest BCUT2D eigenvalue weighted by Crippen LogP contribution is 2.44. The van der Waals surface area contributed by atoms with Gasteiger partial charge in [0.05, 0.1) is 6.61 Å². The van der Waals surface area contributed by atoms with Gasteiger partial charge < -0.3 is 10.1 Å². The molecule has 4 rings (SSSR count). The number of allylic oxidation sites excluding steroid dienone is 2. The van der Waals surface area contributed by atoms with Gasteiger partial charge in [-0.3, -0.25) is 4.79 Å². The van der Waals surface area contributed by atoms with E-state index in [9.17, 15) is 18.0 Å². The molecule has 148 valence electrons. The number of hydrogen-bond donors (Lipinski definition) is 1. The molecule has 0 saturated heterocycles. The minimum absolute atomic E-state index is 0.0238. The van der Waals surface area contributed by atoms with E-state index in [2.05, 4.69) is 15.4 Å². The molecule has 6 nitrogen and oxygen atoms in total. The standard InChI is InChI=1S/C19H19F3N4O2/c1-3-28-14-7-5-4-6-11(14)16-15-12(8-10(2)9-13(15)27)23-18-24-17(19(20,21)22)25-26(16)18/h4-7,10,16H,3,8-9H2,1-2H3,(H,23,24,25). The molecular formula is C19H19F3N4O2. The summed E-state index contributed by atoms with van der Waals surface area (Å²) in [6.07, 6.45) is -3.79. The highest BCUT2D eigenvalue weighted by molar-refractivity contribution is 5.99. The van der Waals surface area contributed by atoms with E-state index in [0.29, 0.717) is 42.0 Å². The SMILES string of the molecule is CCOc1ccccc1C1C2=C(CC(C)CC2=O)Nc2nc(C(F)(F)F)nn21. The first-order chi connectivity index (χ1) is 13.3. The number of ketones is 1. The number of carbonyl (C=O) groups is 1. The maximum absolute atomic E-state index is 13.2. The van der Waals surface area contributed by atoms with E-state index in [0.717, 1.165) is 4.68 Å². The summed E-state index contributed by atoms with van der Waals surface area (Å²) in [6.45, 7) is 4.14. The average molecular weight is 392 g/mol. The molecular weight excluding hydrogens is 373 g/mol. The molecule has 0 amide bonds. The Bertz CT molecular complexity index is 964. The molecule has 1 aromatic carbocycles. The first-order valence-electron chi connectivity index (χ1n) is 9.08. The van der Waals surface area contributed by atoms with Gasteiger partial charge in [0, 0.05) is 23.3 Å². The third-order valence-corrected chi connectivity index (χ3v) is 4.89. The first-order valence-corrected chi connectivity index (χ1v) is 9.08. The molecule has 2 aliphatic rings. The van der Waals surface area contributed by atoms with Gasteiger partial charge in [-0.1, -0.05) is 25.1 Å². The molecule has 2 unspecified atom stereocenters. The van der Waals surface area contributed by atoms with Crippen molar-refractivity contribution >= 4 is 11.7 Å². The Morgan fingerprint density at radius 3 is 2.75 bits per heavy atom. The number of rotatable bonds is 3. The number of halogens is 3. The molecule has 2 atom stereocenters. The predicted octanol–water partition coefficient (Wildman–Crippen LogP) is 3.96. The number of ether oxygens (including phenoxy) is 1. The lowest BCUT2D eigenvalue weighted by Crippen LogP contribution is -2.33. The molecule has 28 heavy (non-hydrogen) atoms. The summed E-state index contributed by atoms with van der Waals surface area (Å²) in [6, 6.07) is 6.20. The number of nitrogens with zero attached hydrogens (tertiary/aromatic N) is 3. The minimum Gasteiger partial charge on any atom is -0.494 e. The first kappa shape index (κ1) is 18.5. The number of Topliss-reactive ketones (excluding diaryl/α,β-unsaturated/α-hetero) is 1. The summed E-state index contributed by atoms with van der Waals surface area (Å²) in [5.41, 5.74) is 1.62. The number of hydrogen-bond acceptors (Lipinski definition) is 5. The van der Waals surface area contributed by atoms with Gasteiger partial charge in [0.2, 0.25) is 5.95 Å². The van der Waals surface area contributed by atoms with Crippen LogP contribution in [-0.2, 0) is 11.0 Å². The molecule has 2 aromatic rings. The molecule has 0 fully saturated rings. The van der Waals surface area contributed by atoms with E-state index < -0.39 is 18.0 Å². The monoisotopic (exact) mass is 392 g/mol. The number of anilines is 1. The molecule has 2 heterocycles. The summed E-state index contributed by atoms with van der Waals surface area (Å²) in [5.74, 6) is -0.769. The maximum Gasteiger partial charge on any atom is 0.453 e. The van der Waals surface area contributed by atoms with E-state index in [1.165, 1.54) is 0 Å². The lowest BCUT2D eigenvalue weighted by Gasteiger charge is -2.34. The zero-order valence-electron chi connectivity index (χ0n) is 15.4. The number of benzene rings is 1. The fourth-order valence-electron chi connectivity index (χ4n) is 3.81. The molecule has 1 aliphatic heterocycles. The van der Waals surface area contributed by atoms with Crippen molar-refractivity contribution in [1.82, 2.24) is 14.8 Å². The zero-order chi connectivity index (χ0) is 20.1. The second-order valence-corrected chi connectivity index (χ2v) is 7.03. The summed E-state index contributed by atoms with van der Waals surface area (Å²) >= 11 is 0. The molecule has 9 heteroatoms. The zero-order valence-corrected chi connectivity index (χ0v) is 15.4. The van der Waals surface area contributed by atoms with Gasteiger partial charge in [-0.25, -0.2) is 4.68 Å².